The Hall–Kier alpha value is -1.02. The third kappa shape index (κ3) is 3.11. The van der Waals surface area contributed by atoms with Crippen molar-refractivity contribution in [3.05, 3.63) is 29.8 Å². The van der Waals surface area contributed by atoms with Crippen LogP contribution in [0.1, 0.15) is 64.5 Å². The molecule has 2 nitrogen and oxygen atoms in total. The molecule has 1 aromatic carbocycles. The Morgan fingerprint density at radius 2 is 1.71 bits per heavy atom. The van der Waals surface area contributed by atoms with Crippen LogP contribution < -0.4 is 10.5 Å². The molecule has 0 amide bonds. The van der Waals surface area contributed by atoms with E-state index in [1.807, 2.05) is 6.07 Å². The summed E-state index contributed by atoms with van der Waals surface area (Å²) in [5, 5.41) is 0. The van der Waals surface area contributed by atoms with Crippen LogP contribution in [-0.2, 0) is 0 Å². The Bertz CT molecular complexity index is 483. The highest BCUT2D eigenvalue weighted by Gasteiger charge is 2.36. The molecule has 2 atom stereocenters. The standard InChI is InChI=1S/C19H29NO/c1-19(2,3)14-10-8-13(9-11-14)18-12-16(20)15-6-4-5-7-17(15)21-18/h4-7,13-14,16,18H,8-12,20H2,1-3H3. The van der Waals surface area contributed by atoms with Gasteiger partial charge in [0, 0.05) is 18.0 Å². The molecule has 2 N–H and O–H groups in total. The molecule has 0 radical (unpaired) electrons. The van der Waals surface area contributed by atoms with Crippen LogP contribution in [0.15, 0.2) is 24.3 Å². The predicted molar refractivity (Wildman–Crippen MR) is 87.3 cm³/mol. The van der Waals surface area contributed by atoms with Crippen molar-refractivity contribution in [1.82, 2.24) is 0 Å². The van der Waals surface area contributed by atoms with Gasteiger partial charge in [-0.2, -0.15) is 0 Å². The Labute approximate surface area is 129 Å². The molecule has 1 saturated carbocycles. The average molecular weight is 287 g/mol. The number of ether oxygens (including phenoxy) is 1. The number of benzene rings is 1. The highest BCUT2D eigenvalue weighted by Crippen LogP contribution is 2.44. The Morgan fingerprint density at radius 1 is 1.05 bits per heavy atom. The smallest absolute Gasteiger partial charge is 0.124 e. The number of fused-ring (bicyclic) bond motifs is 1. The quantitative estimate of drug-likeness (QED) is 0.813. The molecule has 2 aliphatic rings. The summed E-state index contributed by atoms with van der Waals surface area (Å²) in [5.74, 6) is 2.56. The van der Waals surface area contributed by atoms with Gasteiger partial charge in [0.1, 0.15) is 11.9 Å². The van der Waals surface area contributed by atoms with Crippen molar-refractivity contribution in [3.63, 3.8) is 0 Å². The van der Waals surface area contributed by atoms with Gasteiger partial charge in [-0.25, -0.2) is 0 Å². The van der Waals surface area contributed by atoms with Crippen molar-refractivity contribution in [1.29, 1.82) is 0 Å². The fourth-order valence-electron chi connectivity index (χ4n) is 4.13. The Balaban J connectivity index is 1.65. The third-order valence-electron chi connectivity index (χ3n) is 5.61. The molecule has 1 aliphatic carbocycles. The van der Waals surface area contributed by atoms with Gasteiger partial charge in [-0.1, -0.05) is 39.0 Å². The van der Waals surface area contributed by atoms with Gasteiger partial charge in [-0.3, -0.25) is 0 Å². The zero-order valence-electron chi connectivity index (χ0n) is 13.6. The van der Waals surface area contributed by atoms with Crippen molar-refractivity contribution in [2.75, 3.05) is 0 Å². The van der Waals surface area contributed by atoms with E-state index in [0.717, 1.165) is 18.1 Å². The van der Waals surface area contributed by atoms with Crippen molar-refractivity contribution >= 4 is 0 Å². The minimum atomic E-state index is 0.139. The Kier molecular flexibility index (Phi) is 4.00. The van der Waals surface area contributed by atoms with E-state index in [4.69, 9.17) is 10.5 Å². The zero-order valence-corrected chi connectivity index (χ0v) is 13.6. The van der Waals surface area contributed by atoms with Crippen LogP contribution in [0.3, 0.4) is 0 Å². The second-order valence-corrected chi connectivity index (χ2v) is 8.01. The summed E-state index contributed by atoms with van der Waals surface area (Å²) in [4.78, 5) is 0. The fourth-order valence-corrected chi connectivity index (χ4v) is 4.13. The maximum atomic E-state index is 6.36. The number of hydrogen-bond acceptors (Lipinski definition) is 2. The molecule has 2 heteroatoms. The molecule has 0 spiro atoms. The molecular weight excluding hydrogens is 258 g/mol. The van der Waals surface area contributed by atoms with Gasteiger partial charge in [0.15, 0.2) is 0 Å². The lowest BCUT2D eigenvalue weighted by Gasteiger charge is -2.41. The van der Waals surface area contributed by atoms with Crippen LogP contribution in [0, 0.1) is 17.3 Å². The Morgan fingerprint density at radius 3 is 2.38 bits per heavy atom. The van der Waals surface area contributed by atoms with Crippen LogP contribution in [0.5, 0.6) is 5.75 Å². The molecule has 0 aromatic heterocycles. The molecule has 0 bridgehead atoms. The van der Waals surface area contributed by atoms with Crippen molar-refractivity contribution < 1.29 is 4.74 Å². The van der Waals surface area contributed by atoms with Crippen molar-refractivity contribution in [2.45, 2.75) is 65.0 Å². The maximum absolute atomic E-state index is 6.36. The predicted octanol–water partition coefficient (Wildman–Crippen LogP) is 4.69. The monoisotopic (exact) mass is 287 g/mol. The van der Waals surface area contributed by atoms with E-state index in [1.165, 1.54) is 31.2 Å². The summed E-state index contributed by atoms with van der Waals surface area (Å²) in [6, 6.07) is 8.41. The van der Waals surface area contributed by atoms with E-state index < -0.39 is 0 Å². The van der Waals surface area contributed by atoms with Gasteiger partial charge >= 0.3 is 0 Å². The molecule has 1 aromatic rings. The molecular formula is C19H29NO. The maximum Gasteiger partial charge on any atom is 0.124 e. The summed E-state index contributed by atoms with van der Waals surface area (Å²) < 4.78 is 6.28. The molecule has 2 unspecified atom stereocenters. The van der Waals surface area contributed by atoms with Gasteiger partial charge in [-0.05, 0) is 49.0 Å². The molecule has 3 rings (SSSR count). The number of para-hydroxylation sites is 1. The van der Waals surface area contributed by atoms with Crippen molar-refractivity contribution in [3.8, 4) is 5.75 Å². The number of nitrogens with two attached hydrogens (primary N) is 1. The lowest BCUT2D eigenvalue weighted by atomic mass is 9.68. The topological polar surface area (TPSA) is 35.2 Å². The van der Waals surface area contributed by atoms with Crippen LogP contribution in [0.4, 0.5) is 0 Å². The largest absolute Gasteiger partial charge is 0.490 e. The first-order chi connectivity index (χ1) is 9.95. The summed E-state index contributed by atoms with van der Waals surface area (Å²) in [6.45, 7) is 7.13. The van der Waals surface area contributed by atoms with E-state index in [0.29, 0.717) is 17.4 Å². The van der Waals surface area contributed by atoms with E-state index >= 15 is 0 Å². The SMILES string of the molecule is CC(C)(C)C1CCC(C2CC(N)c3ccccc3O2)CC1. The minimum Gasteiger partial charge on any atom is -0.490 e. The van der Waals surface area contributed by atoms with Gasteiger partial charge in [0.2, 0.25) is 0 Å². The van der Waals surface area contributed by atoms with Crippen LogP contribution in [0.25, 0.3) is 0 Å². The molecule has 116 valence electrons. The normalized spacial score (nSPS) is 33.1. The van der Waals surface area contributed by atoms with Gasteiger partial charge in [0.05, 0.1) is 0 Å². The summed E-state index contributed by atoms with van der Waals surface area (Å²) >= 11 is 0. The first kappa shape index (κ1) is 14.9. The van der Waals surface area contributed by atoms with Crippen LogP contribution >= 0.6 is 0 Å². The summed E-state index contributed by atoms with van der Waals surface area (Å²) in [6.07, 6.45) is 6.55. The first-order valence-electron chi connectivity index (χ1n) is 8.46. The minimum absolute atomic E-state index is 0.139. The van der Waals surface area contributed by atoms with Gasteiger partial charge in [-0.15, -0.1) is 0 Å². The van der Waals surface area contributed by atoms with E-state index in [2.05, 4.69) is 39.0 Å². The lowest BCUT2D eigenvalue weighted by Crippen LogP contribution is -2.38. The zero-order chi connectivity index (χ0) is 15.0. The second-order valence-electron chi connectivity index (χ2n) is 8.01. The summed E-state index contributed by atoms with van der Waals surface area (Å²) in [7, 11) is 0. The molecule has 21 heavy (non-hydrogen) atoms. The molecule has 1 heterocycles. The molecule has 1 fully saturated rings. The highest BCUT2D eigenvalue weighted by molar-refractivity contribution is 5.37. The van der Waals surface area contributed by atoms with Gasteiger partial charge in [0.25, 0.3) is 0 Å². The lowest BCUT2D eigenvalue weighted by molar-refractivity contribution is 0.0502. The molecule has 1 aliphatic heterocycles. The second kappa shape index (κ2) is 5.64. The number of rotatable bonds is 1. The number of hydrogen-bond donors (Lipinski definition) is 1. The van der Waals surface area contributed by atoms with Gasteiger partial charge < -0.3 is 10.5 Å². The third-order valence-corrected chi connectivity index (χ3v) is 5.61. The molecule has 0 saturated heterocycles. The summed E-state index contributed by atoms with van der Waals surface area (Å²) in [5.41, 5.74) is 7.98. The van der Waals surface area contributed by atoms with Crippen LogP contribution in [0.2, 0.25) is 0 Å². The first-order valence-corrected chi connectivity index (χ1v) is 8.46. The van der Waals surface area contributed by atoms with E-state index in [9.17, 15) is 0 Å². The fraction of sp³-hybridized carbons (Fsp3) is 0.684. The van der Waals surface area contributed by atoms with Crippen LogP contribution in [-0.4, -0.2) is 6.10 Å². The highest BCUT2D eigenvalue weighted by atomic mass is 16.5. The van der Waals surface area contributed by atoms with E-state index in [1.54, 1.807) is 0 Å². The average Bonchev–Trinajstić information content (AvgIpc) is 2.46. The van der Waals surface area contributed by atoms with E-state index in [-0.39, 0.29) is 6.04 Å². The van der Waals surface area contributed by atoms with Crippen molar-refractivity contribution in [2.24, 2.45) is 23.0 Å².